The van der Waals surface area contributed by atoms with Gasteiger partial charge in [-0.2, -0.15) is 9.61 Å². The molecular weight excluding hydrogens is 434 g/mol. The fraction of sp³-hybridized carbons (Fsp3) is 0.500. The highest BCUT2D eigenvalue weighted by Crippen LogP contribution is 2.53. The van der Waals surface area contributed by atoms with Crippen molar-refractivity contribution in [3.05, 3.63) is 46.0 Å². The van der Waals surface area contributed by atoms with Gasteiger partial charge in [-0.1, -0.05) is 0 Å². The SMILES string of the molecule is CNc1cc(Nc2ccc3n(c2=O)CCC2(CC2)C3)nc2c(C(=O)N[C@@H]3CC[C@H]3OC)cnn12. The number of hydrogen-bond donors (Lipinski definition) is 3. The van der Waals surface area contributed by atoms with E-state index < -0.39 is 0 Å². The molecule has 0 aromatic carbocycles. The molecule has 3 N–H and O–H groups in total. The van der Waals surface area contributed by atoms with Gasteiger partial charge in [-0.3, -0.25) is 9.59 Å². The Hall–Kier alpha value is -3.40. The molecule has 2 fully saturated rings. The summed E-state index contributed by atoms with van der Waals surface area (Å²) in [7, 11) is 3.43. The maximum Gasteiger partial charge on any atom is 0.274 e. The van der Waals surface area contributed by atoms with Crippen molar-refractivity contribution in [2.75, 3.05) is 24.8 Å². The number of carbonyl (C=O) groups excluding carboxylic acids is 1. The molecule has 3 aromatic heterocycles. The molecule has 34 heavy (non-hydrogen) atoms. The van der Waals surface area contributed by atoms with Crippen molar-refractivity contribution in [3.8, 4) is 0 Å². The highest BCUT2D eigenvalue weighted by molar-refractivity contribution is 6.00. The van der Waals surface area contributed by atoms with E-state index in [-0.39, 0.29) is 23.6 Å². The molecule has 2 saturated carbocycles. The van der Waals surface area contributed by atoms with Crippen LogP contribution in [0.1, 0.15) is 48.2 Å². The molecule has 178 valence electrons. The lowest BCUT2D eigenvalue weighted by atomic mass is 9.89. The predicted molar refractivity (Wildman–Crippen MR) is 128 cm³/mol. The zero-order valence-corrected chi connectivity index (χ0v) is 19.4. The van der Waals surface area contributed by atoms with E-state index in [1.807, 2.05) is 16.7 Å². The number of methoxy groups -OCH3 is 1. The van der Waals surface area contributed by atoms with Crippen LogP contribution < -0.4 is 21.5 Å². The van der Waals surface area contributed by atoms with Gasteiger partial charge in [-0.05, 0) is 56.1 Å². The Labute approximate surface area is 196 Å². The second-order valence-electron chi connectivity index (χ2n) is 9.75. The molecule has 2 atom stereocenters. The van der Waals surface area contributed by atoms with Gasteiger partial charge in [0.15, 0.2) is 5.65 Å². The number of pyridine rings is 1. The molecule has 0 bridgehead atoms. The maximum absolute atomic E-state index is 13.2. The first-order valence-corrected chi connectivity index (χ1v) is 11.9. The minimum atomic E-state index is -0.240. The Balaban J connectivity index is 1.31. The lowest BCUT2D eigenvalue weighted by molar-refractivity contribution is 0.00732. The second-order valence-corrected chi connectivity index (χ2v) is 9.75. The molecule has 10 nitrogen and oxygen atoms in total. The van der Waals surface area contributed by atoms with Crippen LogP contribution in [0.4, 0.5) is 17.3 Å². The van der Waals surface area contributed by atoms with E-state index in [4.69, 9.17) is 4.74 Å². The monoisotopic (exact) mass is 463 g/mol. The number of carbonyl (C=O) groups is 1. The van der Waals surface area contributed by atoms with Gasteiger partial charge < -0.3 is 25.3 Å². The maximum atomic E-state index is 13.2. The Morgan fingerprint density at radius 3 is 2.79 bits per heavy atom. The largest absolute Gasteiger partial charge is 0.379 e. The Morgan fingerprint density at radius 2 is 2.09 bits per heavy atom. The molecule has 6 rings (SSSR count). The summed E-state index contributed by atoms with van der Waals surface area (Å²) in [5.41, 5.74) is 2.77. The van der Waals surface area contributed by atoms with Crippen LogP contribution in [0.25, 0.3) is 5.65 Å². The Bertz CT molecular complexity index is 1340. The minimum absolute atomic E-state index is 0.0113. The third-order valence-electron chi connectivity index (χ3n) is 7.71. The van der Waals surface area contributed by atoms with Crippen molar-refractivity contribution in [1.29, 1.82) is 0 Å². The Morgan fingerprint density at radius 1 is 1.24 bits per heavy atom. The zero-order valence-electron chi connectivity index (χ0n) is 19.4. The van der Waals surface area contributed by atoms with Crippen LogP contribution in [0.15, 0.2) is 29.2 Å². The van der Waals surface area contributed by atoms with Crippen LogP contribution in [-0.2, 0) is 17.7 Å². The van der Waals surface area contributed by atoms with E-state index in [0.29, 0.717) is 33.9 Å². The summed E-state index contributed by atoms with van der Waals surface area (Å²) in [6.45, 7) is 0.758. The molecule has 4 heterocycles. The molecular formula is C24H29N7O3. The van der Waals surface area contributed by atoms with Gasteiger partial charge in [0.2, 0.25) is 0 Å². The van der Waals surface area contributed by atoms with Gasteiger partial charge in [0.1, 0.15) is 22.9 Å². The molecule has 1 aliphatic heterocycles. The smallest absolute Gasteiger partial charge is 0.274 e. The molecule has 0 saturated heterocycles. The average molecular weight is 464 g/mol. The number of aromatic nitrogens is 4. The number of rotatable bonds is 6. The van der Waals surface area contributed by atoms with Crippen LogP contribution in [0, 0.1) is 5.41 Å². The van der Waals surface area contributed by atoms with Crippen molar-refractivity contribution in [1.82, 2.24) is 24.5 Å². The lowest BCUT2D eigenvalue weighted by Crippen LogP contribution is -2.51. The normalized spacial score (nSPS) is 22.2. The highest BCUT2D eigenvalue weighted by Gasteiger charge is 2.44. The third kappa shape index (κ3) is 3.44. The lowest BCUT2D eigenvalue weighted by Gasteiger charge is -2.35. The number of fused-ring (bicyclic) bond motifs is 2. The van der Waals surface area contributed by atoms with Crippen LogP contribution >= 0.6 is 0 Å². The molecule has 0 unspecified atom stereocenters. The molecule has 3 aromatic rings. The van der Waals surface area contributed by atoms with Gasteiger partial charge in [0, 0.05) is 32.5 Å². The number of anilines is 3. The van der Waals surface area contributed by atoms with Crippen molar-refractivity contribution < 1.29 is 9.53 Å². The Kier molecular flexibility index (Phi) is 4.87. The molecule has 2 aliphatic carbocycles. The number of nitrogens with one attached hydrogen (secondary N) is 3. The predicted octanol–water partition coefficient (Wildman–Crippen LogP) is 2.31. The summed E-state index contributed by atoms with van der Waals surface area (Å²) in [5, 5.41) is 13.6. The number of hydrogen-bond acceptors (Lipinski definition) is 7. The highest BCUT2D eigenvalue weighted by atomic mass is 16.5. The third-order valence-corrected chi connectivity index (χ3v) is 7.71. The summed E-state index contributed by atoms with van der Waals surface area (Å²) in [6, 6.07) is 5.65. The van der Waals surface area contributed by atoms with Gasteiger partial charge in [0.05, 0.1) is 18.3 Å². The second kappa shape index (κ2) is 7.83. The van der Waals surface area contributed by atoms with E-state index in [9.17, 15) is 9.59 Å². The average Bonchev–Trinajstić information content (AvgIpc) is 3.42. The van der Waals surface area contributed by atoms with E-state index in [1.165, 1.54) is 19.0 Å². The zero-order chi connectivity index (χ0) is 23.4. The van der Waals surface area contributed by atoms with E-state index >= 15 is 0 Å². The van der Waals surface area contributed by atoms with Gasteiger partial charge >= 0.3 is 0 Å². The standard InChI is InChI=1S/C24H29N7O3/c1-25-20-11-19(27-17-4-3-14-12-24(7-8-24)9-10-30(14)23(17)33)29-21-15(13-26-31(20)21)22(32)28-16-5-6-18(16)34-2/h3-4,11,13,16,18,25H,5-10,12H2,1-2H3,(H,27,29)(H,28,32)/t16-,18-/m1/s1. The van der Waals surface area contributed by atoms with Gasteiger partial charge in [-0.25, -0.2) is 4.98 Å². The van der Waals surface area contributed by atoms with Crippen molar-refractivity contribution in [3.63, 3.8) is 0 Å². The van der Waals surface area contributed by atoms with Crippen LogP contribution in [0.2, 0.25) is 0 Å². The van der Waals surface area contributed by atoms with Crippen LogP contribution in [-0.4, -0.2) is 51.4 Å². The fourth-order valence-electron chi connectivity index (χ4n) is 5.20. The summed E-state index contributed by atoms with van der Waals surface area (Å²) in [4.78, 5) is 30.8. The fourth-order valence-corrected chi connectivity index (χ4v) is 5.20. The molecule has 0 radical (unpaired) electrons. The minimum Gasteiger partial charge on any atom is -0.379 e. The van der Waals surface area contributed by atoms with Crippen molar-refractivity contribution >= 4 is 28.9 Å². The van der Waals surface area contributed by atoms with E-state index in [1.54, 1.807) is 24.7 Å². The summed E-state index contributed by atoms with van der Waals surface area (Å²) in [5.74, 6) is 0.881. The molecule has 3 aliphatic rings. The number of ether oxygens (including phenoxy) is 1. The van der Waals surface area contributed by atoms with Crippen molar-refractivity contribution in [2.24, 2.45) is 5.41 Å². The summed E-state index contributed by atoms with van der Waals surface area (Å²) in [6.07, 6.45) is 7.96. The number of amides is 1. The first kappa shape index (κ1) is 21.2. The summed E-state index contributed by atoms with van der Waals surface area (Å²) >= 11 is 0. The first-order chi connectivity index (χ1) is 16.5. The number of nitrogens with zero attached hydrogens (tertiary/aromatic N) is 4. The quantitative estimate of drug-likeness (QED) is 0.514. The molecule has 1 spiro atoms. The van der Waals surface area contributed by atoms with Crippen LogP contribution in [0.3, 0.4) is 0 Å². The molecule has 10 heteroatoms. The topological polar surface area (TPSA) is 115 Å². The molecule has 1 amide bonds. The van der Waals surface area contributed by atoms with E-state index in [0.717, 1.165) is 37.9 Å². The van der Waals surface area contributed by atoms with E-state index in [2.05, 4.69) is 26.0 Å². The van der Waals surface area contributed by atoms with Gasteiger partial charge in [0.25, 0.3) is 11.5 Å². The van der Waals surface area contributed by atoms with Crippen LogP contribution in [0.5, 0.6) is 0 Å². The van der Waals surface area contributed by atoms with Crippen molar-refractivity contribution in [2.45, 2.75) is 57.2 Å². The van der Waals surface area contributed by atoms with Gasteiger partial charge in [-0.15, -0.1) is 0 Å². The summed E-state index contributed by atoms with van der Waals surface area (Å²) < 4.78 is 8.86. The first-order valence-electron chi connectivity index (χ1n) is 11.9.